The molecular formula is C24H25ClN2O. The van der Waals surface area contributed by atoms with E-state index in [-0.39, 0.29) is 0 Å². The average molecular weight is 393 g/mol. The highest BCUT2D eigenvalue weighted by atomic mass is 35.5. The lowest BCUT2D eigenvalue weighted by molar-refractivity contribution is 0.310. The van der Waals surface area contributed by atoms with Crippen LogP contribution in [0.4, 0.5) is 11.4 Å². The Labute approximate surface area is 172 Å². The van der Waals surface area contributed by atoms with Crippen LogP contribution in [0.15, 0.2) is 72.8 Å². The third-order valence-corrected chi connectivity index (χ3v) is 5.47. The van der Waals surface area contributed by atoms with Crippen LogP contribution in [-0.4, -0.2) is 31.6 Å². The number of para-hydroxylation sites is 3. The second-order valence-electron chi connectivity index (χ2n) is 7.22. The monoisotopic (exact) mass is 392 g/mol. The van der Waals surface area contributed by atoms with E-state index < -0.39 is 0 Å². The first-order chi connectivity index (χ1) is 13.7. The average Bonchev–Trinajstić information content (AvgIpc) is 2.89. The van der Waals surface area contributed by atoms with Crippen molar-refractivity contribution >= 4 is 23.0 Å². The number of rotatable bonds is 6. The third kappa shape index (κ3) is 4.32. The minimum absolute atomic E-state index is 0.607. The third-order valence-electron chi connectivity index (χ3n) is 5.22. The Bertz CT molecular complexity index is 878. The maximum absolute atomic E-state index is 6.06. The lowest BCUT2D eigenvalue weighted by Gasteiger charge is -2.28. The summed E-state index contributed by atoms with van der Waals surface area (Å²) in [7, 11) is 2.18. The van der Waals surface area contributed by atoms with Gasteiger partial charge < -0.3 is 14.5 Å². The van der Waals surface area contributed by atoms with Crippen molar-refractivity contribution in [1.29, 1.82) is 0 Å². The van der Waals surface area contributed by atoms with E-state index in [9.17, 15) is 0 Å². The first-order valence-corrected chi connectivity index (χ1v) is 10.1. The van der Waals surface area contributed by atoms with Gasteiger partial charge in [0.1, 0.15) is 12.4 Å². The molecule has 3 aromatic carbocycles. The van der Waals surface area contributed by atoms with Crippen molar-refractivity contribution in [3.05, 3.63) is 88.9 Å². The van der Waals surface area contributed by atoms with Crippen LogP contribution in [0.2, 0.25) is 5.02 Å². The molecule has 0 unspecified atom stereocenters. The number of hydrogen-bond acceptors (Lipinski definition) is 3. The fourth-order valence-corrected chi connectivity index (χ4v) is 3.70. The topological polar surface area (TPSA) is 15.7 Å². The van der Waals surface area contributed by atoms with Gasteiger partial charge in [-0.3, -0.25) is 0 Å². The van der Waals surface area contributed by atoms with Crippen LogP contribution >= 0.6 is 11.6 Å². The Morgan fingerprint density at radius 3 is 2.43 bits per heavy atom. The predicted octanol–water partition coefficient (Wildman–Crippen LogP) is 5.55. The molecule has 0 aliphatic carbocycles. The van der Waals surface area contributed by atoms with E-state index in [4.69, 9.17) is 16.3 Å². The molecule has 144 valence electrons. The van der Waals surface area contributed by atoms with Crippen molar-refractivity contribution in [3.63, 3.8) is 0 Å². The standard InChI is InChI=1S/C24H25ClN2O/c1-26(15-14-19-10-12-21(25)13-11-19)16-17-27-22-7-3-2-6-20(22)18-28-24-9-5-4-8-23(24)27/h2-13H,14-18H2,1H3. The molecule has 1 heterocycles. The predicted molar refractivity (Wildman–Crippen MR) is 117 cm³/mol. The Morgan fingerprint density at radius 1 is 0.893 bits per heavy atom. The van der Waals surface area contributed by atoms with Gasteiger partial charge in [0.15, 0.2) is 0 Å². The molecular weight excluding hydrogens is 368 g/mol. The van der Waals surface area contributed by atoms with E-state index in [0.29, 0.717) is 6.61 Å². The van der Waals surface area contributed by atoms with Gasteiger partial charge in [0.25, 0.3) is 0 Å². The summed E-state index contributed by atoms with van der Waals surface area (Å²) in [5, 5.41) is 0.790. The summed E-state index contributed by atoms with van der Waals surface area (Å²) >= 11 is 5.98. The van der Waals surface area contributed by atoms with Crippen LogP contribution in [0.25, 0.3) is 0 Å². The lowest BCUT2D eigenvalue weighted by atomic mass is 10.1. The quantitative estimate of drug-likeness (QED) is 0.547. The minimum Gasteiger partial charge on any atom is -0.487 e. The van der Waals surface area contributed by atoms with Crippen LogP contribution in [0.5, 0.6) is 5.75 Å². The molecule has 4 rings (SSSR count). The fourth-order valence-electron chi connectivity index (χ4n) is 3.58. The van der Waals surface area contributed by atoms with E-state index in [0.717, 1.165) is 42.5 Å². The first kappa shape index (κ1) is 18.9. The number of nitrogens with zero attached hydrogens (tertiary/aromatic N) is 2. The number of hydrogen-bond donors (Lipinski definition) is 0. The number of fused-ring (bicyclic) bond motifs is 2. The van der Waals surface area contributed by atoms with Crippen molar-refractivity contribution in [2.24, 2.45) is 0 Å². The van der Waals surface area contributed by atoms with Gasteiger partial charge in [-0.2, -0.15) is 0 Å². The molecule has 3 aromatic rings. The molecule has 1 aliphatic rings. The number of anilines is 2. The van der Waals surface area contributed by atoms with Gasteiger partial charge in [-0.15, -0.1) is 0 Å². The number of likely N-dealkylation sites (N-methyl/N-ethyl adjacent to an activating group) is 1. The molecule has 0 radical (unpaired) electrons. The van der Waals surface area contributed by atoms with Gasteiger partial charge in [-0.25, -0.2) is 0 Å². The van der Waals surface area contributed by atoms with Crippen molar-refractivity contribution < 1.29 is 4.74 Å². The maximum Gasteiger partial charge on any atom is 0.143 e. The van der Waals surface area contributed by atoms with Crippen LogP contribution in [-0.2, 0) is 13.0 Å². The molecule has 0 spiro atoms. The largest absolute Gasteiger partial charge is 0.487 e. The lowest BCUT2D eigenvalue weighted by Crippen LogP contribution is -2.32. The Morgan fingerprint density at radius 2 is 1.61 bits per heavy atom. The van der Waals surface area contributed by atoms with Gasteiger partial charge >= 0.3 is 0 Å². The Hall–Kier alpha value is -2.49. The zero-order valence-corrected chi connectivity index (χ0v) is 16.9. The Kier molecular flexibility index (Phi) is 5.84. The van der Waals surface area contributed by atoms with Crippen LogP contribution in [0.3, 0.4) is 0 Å². The van der Waals surface area contributed by atoms with E-state index >= 15 is 0 Å². The second kappa shape index (κ2) is 8.68. The van der Waals surface area contributed by atoms with Crippen molar-refractivity contribution in [2.75, 3.05) is 31.6 Å². The summed E-state index contributed by atoms with van der Waals surface area (Å²) in [6, 6.07) is 25.0. The fraction of sp³-hybridized carbons (Fsp3) is 0.250. The molecule has 0 N–H and O–H groups in total. The van der Waals surface area contributed by atoms with Gasteiger partial charge in [-0.05, 0) is 49.4 Å². The smallest absolute Gasteiger partial charge is 0.143 e. The summed E-state index contributed by atoms with van der Waals surface area (Å²) in [6.07, 6.45) is 1.02. The highest BCUT2D eigenvalue weighted by Crippen LogP contribution is 2.38. The summed E-state index contributed by atoms with van der Waals surface area (Å²) < 4.78 is 6.06. The number of ether oxygens (including phenoxy) is 1. The normalized spacial score (nSPS) is 12.9. The number of benzene rings is 3. The molecule has 4 heteroatoms. The summed E-state index contributed by atoms with van der Waals surface area (Å²) in [5.74, 6) is 0.947. The summed E-state index contributed by atoms with van der Waals surface area (Å²) in [6.45, 7) is 3.50. The van der Waals surface area contributed by atoms with Gasteiger partial charge in [0.05, 0.1) is 5.69 Å². The van der Waals surface area contributed by atoms with E-state index in [1.807, 2.05) is 18.2 Å². The maximum atomic E-state index is 6.06. The van der Waals surface area contributed by atoms with Crippen molar-refractivity contribution in [3.8, 4) is 5.75 Å². The molecule has 1 aliphatic heterocycles. The number of halogens is 1. The molecule has 0 amide bonds. The van der Waals surface area contributed by atoms with Gasteiger partial charge in [0.2, 0.25) is 0 Å². The summed E-state index contributed by atoms with van der Waals surface area (Å²) in [5.41, 5.74) is 4.91. The Balaban J connectivity index is 1.45. The van der Waals surface area contributed by atoms with Crippen LogP contribution in [0, 0.1) is 0 Å². The highest BCUT2D eigenvalue weighted by Gasteiger charge is 2.21. The van der Waals surface area contributed by atoms with Crippen molar-refractivity contribution in [2.45, 2.75) is 13.0 Å². The van der Waals surface area contributed by atoms with Crippen LogP contribution < -0.4 is 9.64 Å². The van der Waals surface area contributed by atoms with E-state index in [1.54, 1.807) is 0 Å². The van der Waals surface area contributed by atoms with Gasteiger partial charge in [-0.1, -0.05) is 54.1 Å². The van der Waals surface area contributed by atoms with Crippen LogP contribution in [0.1, 0.15) is 11.1 Å². The molecule has 0 aromatic heterocycles. The summed E-state index contributed by atoms with van der Waals surface area (Å²) in [4.78, 5) is 4.77. The molecule has 0 atom stereocenters. The first-order valence-electron chi connectivity index (χ1n) is 9.71. The van der Waals surface area contributed by atoms with E-state index in [2.05, 4.69) is 71.4 Å². The zero-order chi connectivity index (χ0) is 19.3. The molecule has 0 saturated carbocycles. The van der Waals surface area contributed by atoms with Gasteiger partial charge in [0, 0.05) is 35.9 Å². The zero-order valence-electron chi connectivity index (χ0n) is 16.1. The molecule has 0 bridgehead atoms. The highest BCUT2D eigenvalue weighted by molar-refractivity contribution is 6.30. The van der Waals surface area contributed by atoms with E-state index in [1.165, 1.54) is 16.8 Å². The molecule has 28 heavy (non-hydrogen) atoms. The molecule has 3 nitrogen and oxygen atoms in total. The SMILES string of the molecule is CN(CCc1ccc(Cl)cc1)CCN1c2ccccc2COc2ccccc21. The molecule has 0 fully saturated rings. The molecule has 0 saturated heterocycles. The second-order valence-corrected chi connectivity index (χ2v) is 7.65. The minimum atomic E-state index is 0.607. The van der Waals surface area contributed by atoms with Crippen molar-refractivity contribution in [1.82, 2.24) is 4.90 Å².